The first-order chi connectivity index (χ1) is 10.7. The van der Waals surface area contributed by atoms with Gasteiger partial charge in [-0.25, -0.2) is 14.1 Å². The van der Waals surface area contributed by atoms with E-state index in [1.165, 1.54) is 17.1 Å². The SMILES string of the molecule is O=C(NCc1ccccc1F)c1ncn(-c2ccccc2)n1. The van der Waals surface area contributed by atoms with Crippen LogP contribution in [0.25, 0.3) is 5.69 Å². The Morgan fingerprint density at radius 2 is 1.82 bits per heavy atom. The van der Waals surface area contributed by atoms with Crippen molar-refractivity contribution in [3.63, 3.8) is 0 Å². The number of halogens is 1. The van der Waals surface area contributed by atoms with Gasteiger partial charge in [0.15, 0.2) is 0 Å². The highest BCUT2D eigenvalue weighted by Crippen LogP contribution is 2.07. The first-order valence-electron chi connectivity index (χ1n) is 6.73. The lowest BCUT2D eigenvalue weighted by Crippen LogP contribution is -2.24. The standard InChI is InChI=1S/C16H13FN4O/c17-14-9-5-4-6-12(14)10-18-16(22)15-19-11-21(20-15)13-7-2-1-3-8-13/h1-9,11H,10H2,(H,18,22). The second-order valence-corrected chi connectivity index (χ2v) is 4.62. The van der Waals surface area contributed by atoms with E-state index in [0.717, 1.165) is 5.69 Å². The maximum Gasteiger partial charge on any atom is 0.291 e. The average molecular weight is 296 g/mol. The Morgan fingerprint density at radius 1 is 1.09 bits per heavy atom. The average Bonchev–Trinajstić information content (AvgIpc) is 3.05. The number of nitrogens with zero attached hydrogens (tertiary/aromatic N) is 3. The van der Waals surface area contributed by atoms with Gasteiger partial charge in [-0.05, 0) is 18.2 Å². The molecule has 0 aliphatic rings. The number of nitrogens with one attached hydrogen (secondary N) is 1. The molecule has 1 heterocycles. The minimum absolute atomic E-state index is 0.0418. The third-order valence-electron chi connectivity index (χ3n) is 3.11. The van der Waals surface area contributed by atoms with Crippen LogP contribution in [0.2, 0.25) is 0 Å². The molecule has 0 saturated heterocycles. The van der Waals surface area contributed by atoms with Crippen LogP contribution >= 0.6 is 0 Å². The molecule has 0 aliphatic heterocycles. The smallest absolute Gasteiger partial charge is 0.291 e. The summed E-state index contributed by atoms with van der Waals surface area (Å²) in [5.41, 5.74) is 1.22. The molecular formula is C16H13FN4O. The van der Waals surface area contributed by atoms with Crippen molar-refractivity contribution < 1.29 is 9.18 Å². The van der Waals surface area contributed by atoms with Gasteiger partial charge in [0.05, 0.1) is 5.69 Å². The summed E-state index contributed by atoms with van der Waals surface area (Å²) < 4.78 is 15.0. The van der Waals surface area contributed by atoms with Gasteiger partial charge in [0.1, 0.15) is 12.1 Å². The van der Waals surface area contributed by atoms with Gasteiger partial charge in [0.2, 0.25) is 5.82 Å². The molecule has 110 valence electrons. The van der Waals surface area contributed by atoms with Gasteiger partial charge >= 0.3 is 0 Å². The number of benzene rings is 2. The Kier molecular flexibility index (Phi) is 3.91. The molecule has 0 fully saturated rings. The summed E-state index contributed by atoms with van der Waals surface area (Å²) in [6, 6.07) is 15.6. The Bertz CT molecular complexity index is 786. The second-order valence-electron chi connectivity index (χ2n) is 4.62. The lowest BCUT2D eigenvalue weighted by Gasteiger charge is -2.04. The number of para-hydroxylation sites is 1. The van der Waals surface area contributed by atoms with Crippen LogP contribution in [0.3, 0.4) is 0 Å². The molecule has 3 aromatic rings. The van der Waals surface area contributed by atoms with E-state index in [-0.39, 0.29) is 18.2 Å². The van der Waals surface area contributed by atoms with Crippen LogP contribution in [0.5, 0.6) is 0 Å². The number of carbonyl (C=O) groups is 1. The predicted octanol–water partition coefficient (Wildman–Crippen LogP) is 2.34. The molecule has 1 amide bonds. The molecule has 0 spiro atoms. The summed E-state index contributed by atoms with van der Waals surface area (Å²) in [6.45, 7) is 0.0887. The monoisotopic (exact) mass is 296 g/mol. The van der Waals surface area contributed by atoms with Crippen molar-refractivity contribution >= 4 is 5.91 Å². The maximum atomic E-state index is 13.5. The van der Waals surface area contributed by atoms with Gasteiger partial charge in [-0.15, -0.1) is 5.10 Å². The molecule has 0 saturated carbocycles. The minimum atomic E-state index is -0.446. The molecular weight excluding hydrogens is 283 g/mol. The van der Waals surface area contributed by atoms with Crippen molar-refractivity contribution in [3.05, 3.63) is 78.1 Å². The van der Waals surface area contributed by atoms with Crippen LogP contribution in [-0.2, 0) is 6.54 Å². The van der Waals surface area contributed by atoms with Gasteiger partial charge in [0, 0.05) is 12.1 Å². The number of hydrogen-bond donors (Lipinski definition) is 1. The van der Waals surface area contributed by atoms with Crippen LogP contribution in [0.15, 0.2) is 60.9 Å². The van der Waals surface area contributed by atoms with Gasteiger partial charge in [0.25, 0.3) is 5.91 Å². The first kappa shape index (κ1) is 13.9. The van der Waals surface area contributed by atoms with E-state index in [0.29, 0.717) is 5.56 Å². The van der Waals surface area contributed by atoms with Crippen molar-refractivity contribution in [2.75, 3.05) is 0 Å². The number of aromatic nitrogens is 3. The molecule has 22 heavy (non-hydrogen) atoms. The van der Waals surface area contributed by atoms with Crippen molar-refractivity contribution in [3.8, 4) is 5.69 Å². The van der Waals surface area contributed by atoms with E-state index in [2.05, 4.69) is 15.4 Å². The van der Waals surface area contributed by atoms with Crippen LogP contribution in [0.4, 0.5) is 4.39 Å². The van der Waals surface area contributed by atoms with Gasteiger partial charge in [-0.3, -0.25) is 4.79 Å². The summed E-state index contributed by atoms with van der Waals surface area (Å²) in [6.07, 6.45) is 1.47. The summed E-state index contributed by atoms with van der Waals surface area (Å²) in [5.74, 6) is -0.760. The molecule has 0 bridgehead atoms. The lowest BCUT2D eigenvalue weighted by molar-refractivity contribution is 0.0940. The fourth-order valence-electron chi connectivity index (χ4n) is 1.97. The Labute approximate surface area is 126 Å². The first-order valence-corrected chi connectivity index (χ1v) is 6.73. The zero-order valence-corrected chi connectivity index (χ0v) is 11.6. The zero-order valence-electron chi connectivity index (χ0n) is 11.6. The third-order valence-corrected chi connectivity index (χ3v) is 3.11. The Morgan fingerprint density at radius 3 is 2.59 bits per heavy atom. The van der Waals surface area contributed by atoms with Crippen LogP contribution < -0.4 is 5.32 Å². The largest absolute Gasteiger partial charge is 0.345 e. The van der Waals surface area contributed by atoms with Crippen molar-refractivity contribution in [2.45, 2.75) is 6.54 Å². The number of carbonyl (C=O) groups excluding carboxylic acids is 1. The van der Waals surface area contributed by atoms with Crippen molar-refractivity contribution in [2.24, 2.45) is 0 Å². The van der Waals surface area contributed by atoms with E-state index in [1.54, 1.807) is 18.2 Å². The summed E-state index contributed by atoms with van der Waals surface area (Å²) >= 11 is 0. The molecule has 0 unspecified atom stereocenters. The summed E-state index contributed by atoms with van der Waals surface area (Å²) in [4.78, 5) is 16.0. The van der Waals surface area contributed by atoms with Gasteiger partial charge < -0.3 is 5.32 Å². The molecule has 0 atom stereocenters. The quantitative estimate of drug-likeness (QED) is 0.804. The third kappa shape index (κ3) is 3.01. The van der Waals surface area contributed by atoms with E-state index in [9.17, 15) is 9.18 Å². The molecule has 5 nitrogen and oxygen atoms in total. The van der Waals surface area contributed by atoms with Crippen molar-refractivity contribution in [1.29, 1.82) is 0 Å². The minimum Gasteiger partial charge on any atom is -0.345 e. The van der Waals surface area contributed by atoms with E-state index in [4.69, 9.17) is 0 Å². The normalized spacial score (nSPS) is 10.4. The van der Waals surface area contributed by atoms with E-state index < -0.39 is 5.91 Å². The topological polar surface area (TPSA) is 59.8 Å². The number of rotatable bonds is 4. The number of hydrogen-bond acceptors (Lipinski definition) is 3. The van der Waals surface area contributed by atoms with Gasteiger partial charge in [-0.2, -0.15) is 0 Å². The second kappa shape index (κ2) is 6.17. The molecule has 1 N–H and O–H groups in total. The Hall–Kier alpha value is -3.02. The highest BCUT2D eigenvalue weighted by molar-refractivity contribution is 5.90. The van der Waals surface area contributed by atoms with Crippen LogP contribution in [0, 0.1) is 5.82 Å². The highest BCUT2D eigenvalue weighted by Gasteiger charge is 2.12. The molecule has 1 aromatic heterocycles. The fourth-order valence-corrected chi connectivity index (χ4v) is 1.97. The van der Waals surface area contributed by atoms with Gasteiger partial charge in [-0.1, -0.05) is 36.4 Å². The van der Waals surface area contributed by atoms with Crippen molar-refractivity contribution in [1.82, 2.24) is 20.1 Å². The maximum absolute atomic E-state index is 13.5. The van der Waals surface area contributed by atoms with Crippen LogP contribution in [-0.4, -0.2) is 20.7 Å². The molecule has 0 aliphatic carbocycles. The summed E-state index contributed by atoms with van der Waals surface area (Å²) in [5, 5.41) is 6.72. The molecule has 3 rings (SSSR count). The zero-order chi connectivity index (χ0) is 15.4. The summed E-state index contributed by atoms with van der Waals surface area (Å²) in [7, 11) is 0. The lowest BCUT2D eigenvalue weighted by atomic mass is 10.2. The predicted molar refractivity (Wildman–Crippen MR) is 78.9 cm³/mol. The van der Waals surface area contributed by atoms with E-state index >= 15 is 0 Å². The van der Waals surface area contributed by atoms with Crippen LogP contribution in [0.1, 0.15) is 16.2 Å². The molecule has 6 heteroatoms. The Balaban J connectivity index is 1.69. The highest BCUT2D eigenvalue weighted by atomic mass is 19.1. The number of amides is 1. The van der Waals surface area contributed by atoms with E-state index in [1.807, 2.05) is 30.3 Å². The molecule has 0 radical (unpaired) electrons. The fraction of sp³-hybridized carbons (Fsp3) is 0.0625. The molecule has 2 aromatic carbocycles.